The van der Waals surface area contributed by atoms with Gasteiger partial charge in [-0.15, -0.1) is 0 Å². The average Bonchev–Trinajstić information content (AvgIpc) is 3.44. The van der Waals surface area contributed by atoms with Crippen LogP contribution in [0.2, 0.25) is 5.02 Å². The van der Waals surface area contributed by atoms with E-state index in [4.69, 9.17) is 21.3 Å². The number of hydrogen-bond acceptors (Lipinski definition) is 6. The highest BCUT2D eigenvalue weighted by Crippen LogP contribution is 2.34. The molecule has 34 heavy (non-hydrogen) atoms. The fourth-order valence-electron chi connectivity index (χ4n) is 4.36. The third kappa shape index (κ3) is 4.48. The monoisotopic (exact) mass is 495 g/mol. The molecular weight excluding hydrogens is 470 g/mol. The number of nitrogens with one attached hydrogen (secondary N) is 1. The summed E-state index contributed by atoms with van der Waals surface area (Å²) in [6.07, 6.45) is 1.82. The molecule has 1 N–H and O–H groups in total. The van der Waals surface area contributed by atoms with E-state index in [9.17, 15) is 4.79 Å². The Balaban J connectivity index is 1.31. The molecule has 0 radical (unpaired) electrons. The van der Waals surface area contributed by atoms with Crippen LogP contribution in [-0.4, -0.2) is 40.9 Å². The molecule has 3 heterocycles. The molecule has 1 saturated heterocycles. The summed E-state index contributed by atoms with van der Waals surface area (Å²) in [5.74, 6) is 0.775. The lowest BCUT2D eigenvalue weighted by molar-refractivity contribution is -0.125. The molecule has 0 aliphatic carbocycles. The molecule has 1 aliphatic heterocycles. The molecule has 1 fully saturated rings. The number of carbonyl (C=O) groups excluding carboxylic acids is 1. The van der Waals surface area contributed by atoms with Crippen molar-refractivity contribution in [3.8, 4) is 11.4 Å². The highest BCUT2D eigenvalue weighted by molar-refractivity contribution is 7.22. The minimum atomic E-state index is -0.0793. The van der Waals surface area contributed by atoms with Crippen molar-refractivity contribution in [3.63, 3.8) is 0 Å². The molecule has 5 rings (SSSR count). The predicted octanol–water partition coefficient (Wildman–Crippen LogP) is 4.99. The van der Waals surface area contributed by atoms with Crippen LogP contribution in [0.25, 0.3) is 16.0 Å². The number of ether oxygens (including phenoxy) is 1. The number of piperidine rings is 1. The fraction of sp³-hybridized carbons (Fsp3) is 0.320. The van der Waals surface area contributed by atoms with Gasteiger partial charge in [0.25, 0.3) is 0 Å². The van der Waals surface area contributed by atoms with Gasteiger partial charge in [-0.3, -0.25) is 4.79 Å². The zero-order valence-corrected chi connectivity index (χ0v) is 20.7. The standard InChI is InChI=1S/C25H26ClN5O2S/c1-16-22-23(31(29-16)20-11-9-19(26)10-12-20)28-25(34-22)30-13-5-7-18(15-30)24(32)27-14-17-6-3-4-8-21(17)33-2/h3-4,6,8-12,18H,5,7,13-15H2,1-2H3,(H,27,32)/t18-/m1/s1. The van der Waals surface area contributed by atoms with Crippen LogP contribution in [0, 0.1) is 12.8 Å². The quantitative estimate of drug-likeness (QED) is 0.408. The van der Waals surface area contributed by atoms with Gasteiger partial charge in [0.2, 0.25) is 5.91 Å². The van der Waals surface area contributed by atoms with E-state index >= 15 is 0 Å². The Morgan fingerprint density at radius 1 is 1.24 bits per heavy atom. The van der Waals surface area contributed by atoms with Crippen molar-refractivity contribution >= 4 is 44.3 Å². The van der Waals surface area contributed by atoms with Crippen molar-refractivity contribution in [1.29, 1.82) is 0 Å². The number of amides is 1. The van der Waals surface area contributed by atoms with Gasteiger partial charge in [-0.25, -0.2) is 4.68 Å². The molecule has 0 spiro atoms. The minimum Gasteiger partial charge on any atom is -0.496 e. The normalized spacial score (nSPS) is 16.1. The number of nitrogens with zero attached hydrogens (tertiary/aromatic N) is 4. The average molecular weight is 496 g/mol. The largest absolute Gasteiger partial charge is 0.496 e. The lowest BCUT2D eigenvalue weighted by Crippen LogP contribution is -2.43. The molecule has 4 aromatic rings. The van der Waals surface area contributed by atoms with Crippen LogP contribution in [0.3, 0.4) is 0 Å². The van der Waals surface area contributed by atoms with Gasteiger partial charge >= 0.3 is 0 Å². The van der Waals surface area contributed by atoms with E-state index in [2.05, 4.69) is 15.3 Å². The molecule has 1 atom stereocenters. The Labute approximate surface area is 207 Å². The Morgan fingerprint density at radius 2 is 2.03 bits per heavy atom. The summed E-state index contributed by atoms with van der Waals surface area (Å²) in [7, 11) is 1.64. The van der Waals surface area contributed by atoms with Gasteiger partial charge in [0.05, 0.1) is 29.1 Å². The summed E-state index contributed by atoms with van der Waals surface area (Å²) in [4.78, 5) is 20.1. The lowest BCUT2D eigenvalue weighted by Gasteiger charge is -2.31. The molecule has 2 aromatic carbocycles. The highest BCUT2D eigenvalue weighted by Gasteiger charge is 2.28. The van der Waals surface area contributed by atoms with E-state index in [-0.39, 0.29) is 11.8 Å². The molecule has 0 saturated carbocycles. The second-order valence-electron chi connectivity index (χ2n) is 8.44. The predicted molar refractivity (Wildman–Crippen MR) is 136 cm³/mol. The first-order chi connectivity index (χ1) is 16.5. The Morgan fingerprint density at radius 3 is 2.82 bits per heavy atom. The second-order valence-corrected chi connectivity index (χ2v) is 9.85. The smallest absolute Gasteiger partial charge is 0.225 e. The van der Waals surface area contributed by atoms with Crippen molar-refractivity contribution in [2.75, 3.05) is 25.1 Å². The Bertz CT molecular complexity index is 1320. The number of methoxy groups -OCH3 is 1. The number of thiazole rings is 1. The van der Waals surface area contributed by atoms with Crippen LogP contribution >= 0.6 is 22.9 Å². The molecule has 2 aromatic heterocycles. The summed E-state index contributed by atoms with van der Waals surface area (Å²) in [6, 6.07) is 15.3. The molecule has 176 valence electrons. The summed E-state index contributed by atoms with van der Waals surface area (Å²) in [6.45, 7) is 4.00. The van der Waals surface area contributed by atoms with Gasteiger partial charge in [-0.2, -0.15) is 10.1 Å². The van der Waals surface area contributed by atoms with E-state index in [1.807, 2.05) is 60.1 Å². The number of rotatable bonds is 6. The molecule has 1 aliphatic rings. The highest BCUT2D eigenvalue weighted by atomic mass is 35.5. The molecule has 9 heteroatoms. The van der Waals surface area contributed by atoms with Gasteiger partial charge < -0.3 is 15.0 Å². The molecule has 1 amide bonds. The number of para-hydroxylation sites is 1. The Kier molecular flexibility index (Phi) is 6.43. The zero-order chi connectivity index (χ0) is 23.7. The van der Waals surface area contributed by atoms with Crippen LogP contribution in [-0.2, 0) is 11.3 Å². The van der Waals surface area contributed by atoms with Gasteiger partial charge in [-0.05, 0) is 50.1 Å². The zero-order valence-electron chi connectivity index (χ0n) is 19.1. The van der Waals surface area contributed by atoms with Crippen molar-refractivity contribution in [2.24, 2.45) is 5.92 Å². The van der Waals surface area contributed by atoms with E-state index in [1.165, 1.54) is 0 Å². The second kappa shape index (κ2) is 9.64. The number of carbonyl (C=O) groups is 1. The van der Waals surface area contributed by atoms with Crippen molar-refractivity contribution in [2.45, 2.75) is 26.3 Å². The molecule has 0 bridgehead atoms. The summed E-state index contributed by atoms with van der Waals surface area (Å²) in [5.41, 5.74) is 3.67. The van der Waals surface area contributed by atoms with E-state index < -0.39 is 0 Å². The van der Waals surface area contributed by atoms with E-state index in [1.54, 1.807) is 18.4 Å². The number of hydrogen-bond donors (Lipinski definition) is 1. The number of anilines is 1. The first kappa shape index (κ1) is 22.7. The molecule has 0 unspecified atom stereocenters. The van der Waals surface area contributed by atoms with Crippen LogP contribution in [0.5, 0.6) is 5.75 Å². The first-order valence-electron chi connectivity index (χ1n) is 11.3. The SMILES string of the molecule is COc1ccccc1CNC(=O)[C@@H]1CCCN(c2nc3c(s2)c(C)nn3-c2ccc(Cl)cc2)C1. The van der Waals surface area contributed by atoms with Crippen molar-refractivity contribution in [3.05, 3.63) is 64.8 Å². The van der Waals surface area contributed by atoms with Crippen molar-refractivity contribution < 1.29 is 9.53 Å². The van der Waals surface area contributed by atoms with Crippen LogP contribution in [0.1, 0.15) is 24.1 Å². The maximum absolute atomic E-state index is 13.0. The topological polar surface area (TPSA) is 72.3 Å². The summed E-state index contributed by atoms with van der Waals surface area (Å²) >= 11 is 7.69. The van der Waals surface area contributed by atoms with Gasteiger partial charge in [0, 0.05) is 30.2 Å². The molecular formula is C25H26ClN5O2S. The van der Waals surface area contributed by atoms with Crippen LogP contribution in [0.15, 0.2) is 48.5 Å². The van der Waals surface area contributed by atoms with E-state index in [0.29, 0.717) is 18.1 Å². The first-order valence-corrected chi connectivity index (χ1v) is 12.5. The third-order valence-corrected chi connectivity index (χ3v) is 7.62. The van der Waals surface area contributed by atoms with E-state index in [0.717, 1.165) is 57.6 Å². The van der Waals surface area contributed by atoms with Crippen LogP contribution in [0.4, 0.5) is 5.13 Å². The number of halogens is 1. The summed E-state index contributed by atoms with van der Waals surface area (Å²) < 4.78 is 8.32. The van der Waals surface area contributed by atoms with Gasteiger partial charge in [-0.1, -0.05) is 41.1 Å². The van der Waals surface area contributed by atoms with Gasteiger partial charge in [0.1, 0.15) is 5.75 Å². The lowest BCUT2D eigenvalue weighted by atomic mass is 9.97. The number of aromatic nitrogens is 3. The maximum Gasteiger partial charge on any atom is 0.225 e. The summed E-state index contributed by atoms with van der Waals surface area (Å²) in [5, 5.41) is 9.39. The number of fused-ring (bicyclic) bond motifs is 1. The maximum atomic E-state index is 13.0. The van der Waals surface area contributed by atoms with Gasteiger partial charge in [0.15, 0.2) is 10.8 Å². The van der Waals surface area contributed by atoms with Crippen molar-refractivity contribution in [1.82, 2.24) is 20.1 Å². The minimum absolute atomic E-state index is 0.0697. The molecule has 7 nitrogen and oxygen atoms in total. The van der Waals surface area contributed by atoms with Crippen LogP contribution < -0.4 is 15.0 Å². The third-order valence-electron chi connectivity index (χ3n) is 6.16. The number of benzene rings is 2. The number of aryl methyl sites for hydroxylation is 1. The fourth-order valence-corrected chi connectivity index (χ4v) is 5.51. The Hall–Kier alpha value is -3.10.